The monoisotopic (exact) mass is 416 g/mol. The minimum atomic E-state index is -3.89. The van der Waals surface area contributed by atoms with Crippen LogP contribution in [0.15, 0.2) is 34.9 Å². The molecular formula is C17H22FN2O5PS. The van der Waals surface area contributed by atoms with Crippen molar-refractivity contribution in [3.63, 3.8) is 0 Å². The second kappa shape index (κ2) is 11.1. The minimum absolute atomic E-state index is 0.0245. The predicted molar refractivity (Wildman–Crippen MR) is 101 cm³/mol. The first-order valence-electron chi connectivity index (χ1n) is 8.04. The zero-order valence-corrected chi connectivity index (χ0v) is 17.2. The number of benzene rings is 1. The lowest BCUT2D eigenvalue weighted by Crippen LogP contribution is -2.25. The van der Waals surface area contributed by atoms with Crippen LogP contribution in [0.3, 0.4) is 0 Å². The molecule has 0 aliphatic carbocycles. The second-order valence-electron chi connectivity index (χ2n) is 4.96. The van der Waals surface area contributed by atoms with Gasteiger partial charge in [0.1, 0.15) is 11.9 Å². The topological polar surface area (TPSA) is 97.6 Å². The molecule has 1 rings (SSSR count). The Morgan fingerprint density at radius 2 is 1.93 bits per heavy atom. The van der Waals surface area contributed by atoms with Crippen LogP contribution in [0.2, 0.25) is 0 Å². The number of rotatable bonds is 10. The zero-order chi connectivity index (χ0) is 20.4. The van der Waals surface area contributed by atoms with Crippen molar-refractivity contribution in [2.45, 2.75) is 19.6 Å². The summed E-state index contributed by atoms with van der Waals surface area (Å²) in [6.45, 7) is 3.38. The predicted octanol–water partition coefficient (Wildman–Crippen LogP) is 3.95. The van der Waals surface area contributed by atoms with E-state index in [0.29, 0.717) is 0 Å². The fraction of sp³-hybridized carbons (Fsp3) is 0.412. The van der Waals surface area contributed by atoms with Gasteiger partial charge in [-0.05, 0) is 26.2 Å². The van der Waals surface area contributed by atoms with Crippen molar-refractivity contribution < 1.29 is 27.5 Å². The fourth-order valence-electron chi connectivity index (χ4n) is 2.22. The van der Waals surface area contributed by atoms with Crippen LogP contribution >= 0.6 is 19.4 Å². The number of nitrogens with zero attached hydrogens (tertiary/aromatic N) is 1. The number of hydrogen-bond acceptors (Lipinski definition) is 8. The number of carbonyl (C=O) groups excluding carboxylic acids is 1. The van der Waals surface area contributed by atoms with E-state index in [0.717, 1.165) is 18.9 Å². The molecule has 0 amide bonds. The summed E-state index contributed by atoms with van der Waals surface area (Å²) in [5.74, 6) is -2.77. The van der Waals surface area contributed by atoms with Crippen LogP contribution in [0.4, 0.5) is 4.39 Å². The molecule has 1 aromatic carbocycles. The third-order valence-electron chi connectivity index (χ3n) is 3.33. The van der Waals surface area contributed by atoms with Crippen LogP contribution in [0.5, 0.6) is 0 Å². The number of nitrogens with one attached hydrogen (secondary N) is 1. The van der Waals surface area contributed by atoms with Gasteiger partial charge in [0.15, 0.2) is 11.4 Å². The number of carbonyl (C=O) groups is 1. The van der Waals surface area contributed by atoms with E-state index in [1.165, 1.54) is 18.2 Å². The standard InChI is InChI=1S/C17H22FN2O5PS/c1-5-24-26(22,25-6-2)15(12-9-7-8-10-14(12)18)20-16(27-4)13(11-19)17(21)23-3/h7-10,15,20H,5-6H2,1-4H3/b16-13+. The molecule has 1 unspecified atom stereocenters. The summed E-state index contributed by atoms with van der Waals surface area (Å²) >= 11 is 1.02. The first kappa shape index (κ1) is 23.2. The molecule has 0 saturated heterocycles. The van der Waals surface area contributed by atoms with Gasteiger partial charge in [0.25, 0.3) is 0 Å². The van der Waals surface area contributed by atoms with E-state index in [1.54, 1.807) is 32.2 Å². The molecule has 1 N–H and O–H groups in total. The first-order chi connectivity index (χ1) is 12.9. The van der Waals surface area contributed by atoms with E-state index in [4.69, 9.17) is 9.05 Å². The van der Waals surface area contributed by atoms with E-state index >= 15 is 0 Å². The maximum atomic E-state index is 14.5. The van der Waals surface area contributed by atoms with Gasteiger partial charge in [-0.15, -0.1) is 11.8 Å². The van der Waals surface area contributed by atoms with E-state index in [1.807, 2.05) is 0 Å². The zero-order valence-electron chi connectivity index (χ0n) is 15.5. The summed E-state index contributed by atoms with van der Waals surface area (Å²) in [4.78, 5) is 11.9. The van der Waals surface area contributed by atoms with Gasteiger partial charge in [0.05, 0.1) is 25.4 Å². The van der Waals surface area contributed by atoms with Gasteiger partial charge < -0.3 is 19.1 Å². The molecule has 10 heteroatoms. The molecule has 0 aromatic heterocycles. The molecular weight excluding hydrogens is 394 g/mol. The molecule has 0 bridgehead atoms. The van der Waals surface area contributed by atoms with E-state index in [9.17, 15) is 19.0 Å². The van der Waals surface area contributed by atoms with E-state index in [-0.39, 0.29) is 29.4 Å². The van der Waals surface area contributed by atoms with Crippen molar-refractivity contribution in [2.75, 3.05) is 26.6 Å². The lowest BCUT2D eigenvalue weighted by molar-refractivity contribution is -0.135. The molecule has 1 atom stereocenters. The summed E-state index contributed by atoms with van der Waals surface area (Å²) in [6.07, 6.45) is 1.60. The lowest BCUT2D eigenvalue weighted by atomic mass is 10.2. The molecule has 0 aliphatic heterocycles. The lowest BCUT2D eigenvalue weighted by Gasteiger charge is -2.29. The summed E-state index contributed by atoms with van der Waals surface area (Å²) in [7, 11) is -2.76. The number of thioether (sulfide) groups is 1. The molecule has 0 spiro atoms. The molecule has 1 aromatic rings. The second-order valence-corrected chi connectivity index (χ2v) is 7.88. The number of methoxy groups -OCH3 is 1. The maximum absolute atomic E-state index is 14.5. The highest BCUT2D eigenvalue weighted by Crippen LogP contribution is 2.60. The highest BCUT2D eigenvalue weighted by atomic mass is 32.2. The van der Waals surface area contributed by atoms with Gasteiger partial charge in [0, 0.05) is 5.56 Å². The Bertz CT molecular complexity index is 771. The molecule has 0 aliphatic rings. The van der Waals surface area contributed by atoms with Gasteiger partial charge in [-0.2, -0.15) is 5.26 Å². The molecule has 0 fully saturated rings. The average Bonchev–Trinajstić information content (AvgIpc) is 2.65. The van der Waals surface area contributed by atoms with Crippen molar-refractivity contribution in [3.8, 4) is 6.07 Å². The van der Waals surface area contributed by atoms with Crippen molar-refractivity contribution >= 4 is 25.3 Å². The molecule has 7 nitrogen and oxygen atoms in total. The van der Waals surface area contributed by atoms with Crippen molar-refractivity contribution in [1.29, 1.82) is 5.26 Å². The number of nitriles is 1. The highest BCUT2D eigenvalue weighted by molar-refractivity contribution is 8.02. The number of hydrogen-bond donors (Lipinski definition) is 1. The van der Waals surface area contributed by atoms with Crippen molar-refractivity contribution in [2.24, 2.45) is 0 Å². The SMILES string of the molecule is CCOP(=O)(OCC)C(N/C(SC)=C(/C#N)C(=O)OC)c1ccccc1F. The summed E-state index contributed by atoms with van der Waals surface area (Å²) < 4.78 is 43.1. The Morgan fingerprint density at radius 1 is 1.33 bits per heavy atom. The van der Waals surface area contributed by atoms with Crippen LogP contribution in [-0.4, -0.2) is 32.5 Å². The van der Waals surface area contributed by atoms with Crippen LogP contribution in [-0.2, 0) is 23.1 Å². The Balaban J connectivity index is 3.57. The summed E-state index contributed by atoms with van der Waals surface area (Å²) in [6, 6.07) is 7.45. The Labute approximate surface area is 162 Å². The number of halogens is 1. The molecule has 27 heavy (non-hydrogen) atoms. The van der Waals surface area contributed by atoms with Gasteiger partial charge in [-0.25, -0.2) is 9.18 Å². The molecule has 0 radical (unpaired) electrons. The quantitative estimate of drug-likeness (QED) is 0.265. The van der Waals surface area contributed by atoms with E-state index in [2.05, 4.69) is 10.1 Å². The van der Waals surface area contributed by atoms with Crippen molar-refractivity contribution in [1.82, 2.24) is 5.32 Å². The third-order valence-corrected chi connectivity index (χ3v) is 6.34. The van der Waals surface area contributed by atoms with Crippen LogP contribution in [0, 0.1) is 17.1 Å². The van der Waals surface area contributed by atoms with Crippen LogP contribution < -0.4 is 5.32 Å². The minimum Gasteiger partial charge on any atom is -0.465 e. The van der Waals surface area contributed by atoms with Gasteiger partial charge >= 0.3 is 13.6 Å². The summed E-state index contributed by atoms with van der Waals surface area (Å²) in [5.41, 5.74) is -0.303. The Kier molecular flexibility index (Phi) is 9.53. The summed E-state index contributed by atoms with van der Waals surface area (Å²) in [5, 5.41) is 12.2. The smallest absolute Gasteiger partial charge is 0.357 e. The third kappa shape index (κ3) is 5.81. The maximum Gasteiger partial charge on any atom is 0.357 e. The average molecular weight is 416 g/mol. The molecule has 148 valence electrons. The normalized spacial score (nSPS) is 13.3. The van der Waals surface area contributed by atoms with Gasteiger partial charge in [-0.1, -0.05) is 18.2 Å². The molecule has 0 heterocycles. The van der Waals surface area contributed by atoms with Crippen LogP contribution in [0.25, 0.3) is 0 Å². The van der Waals surface area contributed by atoms with Gasteiger partial charge in [0.2, 0.25) is 0 Å². The van der Waals surface area contributed by atoms with Gasteiger partial charge in [-0.3, -0.25) is 4.57 Å². The van der Waals surface area contributed by atoms with E-state index < -0.39 is 25.2 Å². The fourth-order valence-corrected chi connectivity index (χ4v) is 4.80. The van der Waals surface area contributed by atoms with Crippen LogP contribution in [0.1, 0.15) is 25.2 Å². The number of esters is 1. The van der Waals surface area contributed by atoms with Crippen molar-refractivity contribution in [3.05, 3.63) is 46.2 Å². The molecule has 0 saturated carbocycles. The highest BCUT2D eigenvalue weighted by Gasteiger charge is 2.39. The first-order valence-corrected chi connectivity index (χ1v) is 10.9. The largest absolute Gasteiger partial charge is 0.465 e. The number of ether oxygens (including phenoxy) is 1. The Morgan fingerprint density at radius 3 is 2.37 bits per heavy atom. The Hall–Kier alpha value is -1.85.